The highest BCUT2D eigenvalue weighted by Crippen LogP contribution is 2.31. The Kier molecular flexibility index (Phi) is 6.25. The van der Waals surface area contributed by atoms with E-state index in [9.17, 15) is 22.8 Å². The molecule has 0 spiro atoms. The molecule has 1 aromatic carbocycles. The molecular weight excluding hydrogens is 379 g/mol. The molecule has 0 radical (unpaired) electrons. The molecule has 9 heteroatoms. The van der Waals surface area contributed by atoms with E-state index in [0.29, 0.717) is 16.3 Å². The lowest BCUT2D eigenvalue weighted by Crippen LogP contribution is -2.46. The molecule has 0 unspecified atom stereocenters. The van der Waals surface area contributed by atoms with Crippen molar-refractivity contribution in [3.8, 4) is 10.6 Å². The van der Waals surface area contributed by atoms with E-state index in [4.69, 9.17) is 0 Å². The van der Waals surface area contributed by atoms with Gasteiger partial charge in [-0.1, -0.05) is 12.1 Å². The van der Waals surface area contributed by atoms with Crippen LogP contribution in [0.3, 0.4) is 0 Å². The van der Waals surface area contributed by atoms with Crippen molar-refractivity contribution < 1.29 is 22.8 Å². The second-order valence-electron chi connectivity index (χ2n) is 6.97. The number of nitrogens with one attached hydrogen (secondary N) is 2. The third kappa shape index (κ3) is 6.67. The van der Waals surface area contributed by atoms with Gasteiger partial charge in [-0.25, -0.2) is 4.98 Å². The molecule has 0 saturated heterocycles. The maximum absolute atomic E-state index is 12.6. The van der Waals surface area contributed by atoms with Crippen molar-refractivity contribution >= 4 is 23.2 Å². The maximum Gasteiger partial charge on any atom is 0.416 e. The van der Waals surface area contributed by atoms with Crippen LogP contribution in [-0.2, 0) is 22.2 Å². The van der Waals surface area contributed by atoms with Crippen LogP contribution >= 0.6 is 11.3 Å². The molecule has 0 atom stereocenters. The van der Waals surface area contributed by atoms with E-state index < -0.39 is 11.7 Å². The summed E-state index contributed by atoms with van der Waals surface area (Å²) in [4.78, 5) is 27.9. The summed E-state index contributed by atoms with van der Waals surface area (Å²) in [5.74, 6) is -0.650. The molecule has 146 valence electrons. The van der Waals surface area contributed by atoms with Gasteiger partial charge in [-0.2, -0.15) is 13.2 Å². The lowest BCUT2D eigenvalue weighted by atomic mass is 10.1. The number of amides is 2. The van der Waals surface area contributed by atoms with Crippen LogP contribution in [0, 0.1) is 0 Å². The van der Waals surface area contributed by atoms with Crippen LogP contribution in [0.5, 0.6) is 0 Å². The van der Waals surface area contributed by atoms with Gasteiger partial charge in [-0.15, -0.1) is 11.3 Å². The maximum atomic E-state index is 12.6. The van der Waals surface area contributed by atoms with Crippen molar-refractivity contribution in [1.82, 2.24) is 15.6 Å². The van der Waals surface area contributed by atoms with Crippen LogP contribution in [0.2, 0.25) is 0 Å². The smallest absolute Gasteiger partial charge is 0.350 e. The zero-order valence-electron chi connectivity index (χ0n) is 15.1. The van der Waals surface area contributed by atoms with Crippen molar-refractivity contribution in [2.75, 3.05) is 6.54 Å². The van der Waals surface area contributed by atoms with Gasteiger partial charge in [0.25, 0.3) is 0 Å². The molecule has 0 bridgehead atoms. The predicted molar refractivity (Wildman–Crippen MR) is 97.2 cm³/mol. The highest BCUT2D eigenvalue weighted by atomic mass is 32.1. The van der Waals surface area contributed by atoms with Gasteiger partial charge in [0.15, 0.2) is 0 Å². The van der Waals surface area contributed by atoms with Gasteiger partial charge in [0.05, 0.1) is 24.2 Å². The van der Waals surface area contributed by atoms with Crippen LogP contribution in [0.4, 0.5) is 13.2 Å². The lowest BCUT2D eigenvalue weighted by molar-refractivity contribution is -0.137. The summed E-state index contributed by atoms with van der Waals surface area (Å²) in [6.45, 7) is 5.38. The molecule has 2 amide bonds. The molecule has 0 aliphatic carbocycles. The van der Waals surface area contributed by atoms with E-state index in [-0.39, 0.29) is 30.3 Å². The Hall–Kier alpha value is -2.42. The average Bonchev–Trinajstić information content (AvgIpc) is 2.99. The molecule has 5 nitrogen and oxygen atoms in total. The van der Waals surface area contributed by atoms with Crippen LogP contribution < -0.4 is 10.6 Å². The number of carbonyl (C=O) groups is 2. The normalized spacial score (nSPS) is 11.9. The van der Waals surface area contributed by atoms with Crippen molar-refractivity contribution in [2.24, 2.45) is 0 Å². The van der Waals surface area contributed by atoms with E-state index in [1.165, 1.54) is 23.5 Å². The Morgan fingerprint density at radius 3 is 2.26 bits per heavy atom. The number of halogens is 3. The topological polar surface area (TPSA) is 71.1 Å². The first-order valence-corrected chi connectivity index (χ1v) is 9.02. The molecule has 1 heterocycles. The summed E-state index contributed by atoms with van der Waals surface area (Å²) in [7, 11) is 0. The number of hydrogen-bond donors (Lipinski definition) is 2. The SMILES string of the molecule is CC(C)(C)NC(=O)CNC(=O)Cc1csc(-c2ccc(C(F)(F)F)cc2)n1. The standard InChI is InChI=1S/C18H20F3N3O2S/c1-17(2,3)24-15(26)9-22-14(25)8-13-10-27-16(23-13)11-4-6-12(7-5-11)18(19,20)21/h4-7,10H,8-9H2,1-3H3,(H,22,25)(H,24,26). The Morgan fingerprint density at radius 2 is 1.70 bits per heavy atom. The largest absolute Gasteiger partial charge is 0.416 e. The van der Waals surface area contributed by atoms with Crippen molar-refractivity contribution in [2.45, 2.75) is 38.9 Å². The summed E-state index contributed by atoms with van der Waals surface area (Å²) in [6, 6.07) is 4.69. The fourth-order valence-electron chi connectivity index (χ4n) is 2.19. The van der Waals surface area contributed by atoms with E-state index in [0.717, 1.165) is 12.1 Å². The predicted octanol–water partition coefficient (Wildman–Crippen LogP) is 3.40. The summed E-state index contributed by atoms with van der Waals surface area (Å²) < 4.78 is 37.8. The third-order valence-corrected chi connectivity index (χ3v) is 4.25. The molecule has 0 fully saturated rings. The fraction of sp³-hybridized carbons (Fsp3) is 0.389. The molecule has 0 saturated carbocycles. The number of nitrogens with zero attached hydrogens (tertiary/aromatic N) is 1. The van der Waals surface area contributed by atoms with E-state index in [2.05, 4.69) is 15.6 Å². The van der Waals surface area contributed by atoms with Crippen molar-refractivity contribution in [3.05, 3.63) is 40.9 Å². The van der Waals surface area contributed by atoms with Gasteiger partial charge < -0.3 is 10.6 Å². The quantitative estimate of drug-likeness (QED) is 0.810. The second kappa shape index (κ2) is 8.08. The minimum absolute atomic E-state index is 0.0140. The summed E-state index contributed by atoms with van der Waals surface area (Å²) in [5, 5.41) is 7.44. The highest BCUT2D eigenvalue weighted by molar-refractivity contribution is 7.13. The van der Waals surface area contributed by atoms with Gasteiger partial charge >= 0.3 is 6.18 Å². The molecule has 2 rings (SSSR count). The van der Waals surface area contributed by atoms with Crippen LogP contribution in [0.1, 0.15) is 32.0 Å². The molecular formula is C18H20F3N3O2S. The zero-order valence-corrected chi connectivity index (χ0v) is 15.9. The first-order chi connectivity index (χ1) is 12.4. The van der Waals surface area contributed by atoms with Crippen LogP contribution in [-0.4, -0.2) is 28.9 Å². The molecule has 0 aliphatic heterocycles. The second-order valence-corrected chi connectivity index (χ2v) is 7.83. The zero-order chi connectivity index (χ0) is 20.2. The first kappa shape index (κ1) is 20.9. The van der Waals surface area contributed by atoms with Crippen molar-refractivity contribution in [1.29, 1.82) is 0 Å². The number of benzene rings is 1. The lowest BCUT2D eigenvalue weighted by Gasteiger charge is -2.20. The molecule has 1 aromatic heterocycles. The molecule has 27 heavy (non-hydrogen) atoms. The summed E-state index contributed by atoms with van der Waals surface area (Å²) in [6.07, 6.45) is -4.40. The third-order valence-electron chi connectivity index (χ3n) is 3.31. The van der Waals surface area contributed by atoms with Gasteiger partial charge in [0, 0.05) is 16.5 Å². The Morgan fingerprint density at radius 1 is 1.07 bits per heavy atom. The first-order valence-electron chi connectivity index (χ1n) is 8.14. The summed E-state index contributed by atoms with van der Waals surface area (Å²) in [5.41, 5.74) is -0.0726. The number of aromatic nitrogens is 1. The number of thiazole rings is 1. The molecule has 2 aromatic rings. The van der Waals surface area contributed by atoms with E-state index in [1.807, 2.05) is 20.8 Å². The Balaban J connectivity index is 1.92. The number of rotatable bonds is 5. The minimum Gasteiger partial charge on any atom is -0.350 e. The van der Waals surface area contributed by atoms with Crippen LogP contribution in [0.15, 0.2) is 29.6 Å². The van der Waals surface area contributed by atoms with Crippen LogP contribution in [0.25, 0.3) is 10.6 Å². The van der Waals surface area contributed by atoms with E-state index in [1.54, 1.807) is 5.38 Å². The summed E-state index contributed by atoms with van der Waals surface area (Å²) >= 11 is 1.24. The Labute approximate surface area is 159 Å². The molecule has 0 aliphatic rings. The highest BCUT2D eigenvalue weighted by Gasteiger charge is 2.30. The van der Waals surface area contributed by atoms with E-state index >= 15 is 0 Å². The monoisotopic (exact) mass is 399 g/mol. The average molecular weight is 399 g/mol. The molecule has 2 N–H and O–H groups in total. The van der Waals surface area contributed by atoms with Gasteiger partial charge in [-0.3, -0.25) is 9.59 Å². The van der Waals surface area contributed by atoms with Gasteiger partial charge in [0.1, 0.15) is 5.01 Å². The van der Waals surface area contributed by atoms with Gasteiger partial charge in [-0.05, 0) is 32.9 Å². The number of hydrogen-bond acceptors (Lipinski definition) is 4. The fourth-order valence-corrected chi connectivity index (χ4v) is 3.02. The number of carbonyl (C=O) groups excluding carboxylic acids is 2. The number of alkyl halides is 3. The minimum atomic E-state index is -4.38. The van der Waals surface area contributed by atoms with Gasteiger partial charge in [0.2, 0.25) is 11.8 Å². The van der Waals surface area contributed by atoms with Crippen molar-refractivity contribution in [3.63, 3.8) is 0 Å². The Bertz CT molecular complexity index is 808.